The van der Waals surface area contributed by atoms with Gasteiger partial charge in [-0.2, -0.15) is 0 Å². The van der Waals surface area contributed by atoms with Crippen LogP contribution in [-0.2, 0) is 0 Å². The third kappa shape index (κ3) is 1.97. The summed E-state index contributed by atoms with van der Waals surface area (Å²) in [5.41, 5.74) is 2.17. The van der Waals surface area contributed by atoms with Gasteiger partial charge in [-0.05, 0) is 56.9 Å². The van der Waals surface area contributed by atoms with Crippen LogP contribution < -0.4 is 0 Å². The molecule has 4 rings (SSSR count). The minimum atomic E-state index is 0.262. The van der Waals surface area contributed by atoms with Crippen LogP contribution in [-0.4, -0.2) is 10.2 Å². The number of phenolic OH excluding ortho intramolecular Hbond substituents is 2. The fourth-order valence-corrected chi connectivity index (χ4v) is 3.00. The topological polar surface area (TPSA) is 40.5 Å². The number of fused-ring (bicyclic) bond motifs is 2. The molecular formula is C20H14O2. The average molecular weight is 286 g/mol. The van der Waals surface area contributed by atoms with Crippen LogP contribution in [0, 0.1) is 0 Å². The summed E-state index contributed by atoms with van der Waals surface area (Å²) in [7, 11) is 0. The van der Waals surface area contributed by atoms with E-state index in [4.69, 9.17) is 0 Å². The molecule has 0 aromatic heterocycles. The summed E-state index contributed by atoms with van der Waals surface area (Å²) in [4.78, 5) is 0. The maximum atomic E-state index is 9.82. The third-order valence-corrected chi connectivity index (χ3v) is 4.02. The molecule has 22 heavy (non-hydrogen) atoms. The number of benzene rings is 4. The SMILES string of the molecule is Oc1ccc2c(-c3cccc4ccc(O)cc34)cccc2c1. The molecule has 106 valence electrons. The van der Waals surface area contributed by atoms with Gasteiger partial charge in [-0.1, -0.05) is 48.5 Å². The predicted octanol–water partition coefficient (Wildman–Crippen LogP) is 5.07. The van der Waals surface area contributed by atoms with Gasteiger partial charge in [0.1, 0.15) is 11.5 Å². The van der Waals surface area contributed by atoms with E-state index in [1.54, 1.807) is 24.3 Å². The Kier molecular flexibility index (Phi) is 2.76. The van der Waals surface area contributed by atoms with E-state index < -0.39 is 0 Å². The lowest BCUT2D eigenvalue weighted by Gasteiger charge is -2.11. The van der Waals surface area contributed by atoms with Crippen molar-refractivity contribution in [3.63, 3.8) is 0 Å². The molecule has 0 unspecified atom stereocenters. The van der Waals surface area contributed by atoms with Crippen molar-refractivity contribution < 1.29 is 10.2 Å². The molecule has 0 saturated carbocycles. The largest absolute Gasteiger partial charge is 0.508 e. The van der Waals surface area contributed by atoms with Gasteiger partial charge in [-0.3, -0.25) is 0 Å². The van der Waals surface area contributed by atoms with Crippen molar-refractivity contribution in [2.75, 3.05) is 0 Å². The van der Waals surface area contributed by atoms with Gasteiger partial charge in [0.25, 0.3) is 0 Å². The molecule has 0 radical (unpaired) electrons. The highest BCUT2D eigenvalue weighted by Crippen LogP contribution is 2.35. The van der Waals surface area contributed by atoms with Crippen molar-refractivity contribution in [3.05, 3.63) is 72.8 Å². The van der Waals surface area contributed by atoms with Gasteiger partial charge in [0, 0.05) is 0 Å². The first-order valence-corrected chi connectivity index (χ1v) is 7.16. The van der Waals surface area contributed by atoms with E-state index in [1.165, 1.54) is 0 Å². The summed E-state index contributed by atoms with van der Waals surface area (Å²) < 4.78 is 0. The lowest BCUT2D eigenvalue weighted by Crippen LogP contribution is -1.84. The van der Waals surface area contributed by atoms with Gasteiger partial charge in [-0.25, -0.2) is 0 Å². The number of rotatable bonds is 1. The van der Waals surface area contributed by atoms with E-state index in [9.17, 15) is 10.2 Å². The van der Waals surface area contributed by atoms with Gasteiger partial charge >= 0.3 is 0 Å². The standard InChI is InChI=1S/C20H14O2/c21-15-9-10-17-14(11-15)4-2-5-18(17)19-6-1-3-13-7-8-16(22)12-20(13)19/h1-12,21-22H. The Labute approximate surface area is 127 Å². The second kappa shape index (κ2) is 4.78. The van der Waals surface area contributed by atoms with E-state index in [0.29, 0.717) is 0 Å². The van der Waals surface area contributed by atoms with Crippen LogP contribution in [0.4, 0.5) is 0 Å². The van der Waals surface area contributed by atoms with Gasteiger partial charge in [0.2, 0.25) is 0 Å². The molecule has 0 aliphatic rings. The Morgan fingerprint density at radius 3 is 1.95 bits per heavy atom. The van der Waals surface area contributed by atoms with Crippen LogP contribution in [0.2, 0.25) is 0 Å². The van der Waals surface area contributed by atoms with Crippen LogP contribution >= 0.6 is 0 Å². The Balaban J connectivity index is 2.09. The van der Waals surface area contributed by atoms with Crippen molar-refractivity contribution in [1.82, 2.24) is 0 Å². The molecule has 0 aliphatic heterocycles. The number of phenols is 2. The molecule has 0 atom stereocenters. The molecule has 0 aliphatic carbocycles. The zero-order valence-electron chi connectivity index (χ0n) is 11.8. The highest BCUT2D eigenvalue weighted by molar-refractivity contribution is 6.05. The highest BCUT2D eigenvalue weighted by Gasteiger charge is 2.08. The number of hydrogen-bond acceptors (Lipinski definition) is 2. The molecule has 2 heteroatoms. The minimum absolute atomic E-state index is 0.262. The van der Waals surface area contributed by atoms with Crippen molar-refractivity contribution in [1.29, 1.82) is 0 Å². The summed E-state index contributed by atoms with van der Waals surface area (Å²) >= 11 is 0. The van der Waals surface area contributed by atoms with Crippen molar-refractivity contribution in [3.8, 4) is 22.6 Å². The Morgan fingerprint density at radius 2 is 1.14 bits per heavy atom. The Hall–Kier alpha value is -3.00. The minimum Gasteiger partial charge on any atom is -0.508 e. The predicted molar refractivity (Wildman–Crippen MR) is 90.2 cm³/mol. The summed E-state index contributed by atoms with van der Waals surface area (Å²) in [6, 6.07) is 23.0. The van der Waals surface area contributed by atoms with E-state index in [-0.39, 0.29) is 11.5 Å². The fraction of sp³-hybridized carbons (Fsp3) is 0. The van der Waals surface area contributed by atoms with Gasteiger partial charge in [0.15, 0.2) is 0 Å². The molecule has 0 saturated heterocycles. The second-order valence-electron chi connectivity index (χ2n) is 5.42. The average Bonchev–Trinajstić information content (AvgIpc) is 2.53. The third-order valence-electron chi connectivity index (χ3n) is 4.02. The second-order valence-corrected chi connectivity index (χ2v) is 5.42. The number of hydrogen-bond donors (Lipinski definition) is 2. The van der Waals surface area contributed by atoms with Crippen molar-refractivity contribution >= 4 is 21.5 Å². The van der Waals surface area contributed by atoms with E-state index in [0.717, 1.165) is 32.7 Å². The molecular weight excluding hydrogens is 272 g/mol. The van der Waals surface area contributed by atoms with Crippen LogP contribution in [0.3, 0.4) is 0 Å². The molecule has 0 amide bonds. The Morgan fingerprint density at radius 1 is 0.500 bits per heavy atom. The van der Waals surface area contributed by atoms with Crippen LogP contribution in [0.1, 0.15) is 0 Å². The lowest BCUT2D eigenvalue weighted by atomic mass is 9.94. The van der Waals surface area contributed by atoms with Crippen molar-refractivity contribution in [2.24, 2.45) is 0 Å². The summed E-state index contributed by atoms with van der Waals surface area (Å²) in [5, 5.41) is 23.7. The van der Waals surface area contributed by atoms with Gasteiger partial charge in [-0.15, -0.1) is 0 Å². The molecule has 4 aromatic carbocycles. The maximum absolute atomic E-state index is 9.82. The lowest BCUT2D eigenvalue weighted by molar-refractivity contribution is 0.475. The maximum Gasteiger partial charge on any atom is 0.116 e. The normalized spacial score (nSPS) is 11.1. The van der Waals surface area contributed by atoms with E-state index in [1.807, 2.05) is 36.4 Å². The van der Waals surface area contributed by atoms with Crippen molar-refractivity contribution in [2.45, 2.75) is 0 Å². The van der Waals surface area contributed by atoms with Gasteiger partial charge in [0.05, 0.1) is 0 Å². The first kappa shape index (κ1) is 12.7. The molecule has 2 N–H and O–H groups in total. The highest BCUT2D eigenvalue weighted by atomic mass is 16.3. The molecule has 0 bridgehead atoms. The van der Waals surface area contributed by atoms with Crippen LogP contribution in [0.5, 0.6) is 11.5 Å². The number of aromatic hydroxyl groups is 2. The molecule has 2 nitrogen and oxygen atoms in total. The van der Waals surface area contributed by atoms with Crippen LogP contribution in [0.15, 0.2) is 72.8 Å². The molecule has 0 heterocycles. The van der Waals surface area contributed by atoms with E-state index in [2.05, 4.69) is 12.1 Å². The Bertz CT molecular complexity index is 1000. The first-order chi connectivity index (χ1) is 10.7. The summed E-state index contributed by atoms with van der Waals surface area (Å²) in [6.07, 6.45) is 0. The summed E-state index contributed by atoms with van der Waals surface area (Å²) in [5.74, 6) is 0.526. The summed E-state index contributed by atoms with van der Waals surface area (Å²) in [6.45, 7) is 0. The molecule has 0 fully saturated rings. The molecule has 4 aromatic rings. The van der Waals surface area contributed by atoms with Crippen LogP contribution in [0.25, 0.3) is 32.7 Å². The zero-order valence-corrected chi connectivity index (χ0v) is 11.8. The first-order valence-electron chi connectivity index (χ1n) is 7.16. The zero-order chi connectivity index (χ0) is 15.1. The quantitative estimate of drug-likeness (QED) is 0.513. The monoisotopic (exact) mass is 286 g/mol. The smallest absolute Gasteiger partial charge is 0.116 e. The van der Waals surface area contributed by atoms with E-state index >= 15 is 0 Å². The molecule has 0 spiro atoms. The fourth-order valence-electron chi connectivity index (χ4n) is 3.00. The van der Waals surface area contributed by atoms with Gasteiger partial charge < -0.3 is 10.2 Å².